The van der Waals surface area contributed by atoms with E-state index in [0.717, 1.165) is 19.3 Å². The van der Waals surface area contributed by atoms with Gasteiger partial charge in [0.1, 0.15) is 5.75 Å². The molecule has 0 fully saturated rings. The molecule has 0 spiro atoms. The highest BCUT2D eigenvalue weighted by atomic mass is 16.5. The fourth-order valence-corrected chi connectivity index (χ4v) is 3.05. The van der Waals surface area contributed by atoms with E-state index in [-0.39, 0.29) is 11.1 Å². The third kappa shape index (κ3) is 7.37. The summed E-state index contributed by atoms with van der Waals surface area (Å²) in [6.45, 7) is 6.76. The van der Waals surface area contributed by atoms with Crippen LogP contribution in [0.2, 0.25) is 0 Å². The minimum atomic E-state index is -0.561. The van der Waals surface area contributed by atoms with E-state index in [9.17, 15) is 9.59 Å². The van der Waals surface area contributed by atoms with Gasteiger partial charge in [-0.2, -0.15) is 0 Å². The normalized spacial score (nSPS) is 10.8. The number of rotatable bonds is 11. The average molecular weight is 397 g/mol. The second-order valence-electron chi connectivity index (χ2n) is 7.56. The van der Waals surface area contributed by atoms with Crippen molar-refractivity contribution in [2.45, 2.75) is 65.2 Å². The summed E-state index contributed by atoms with van der Waals surface area (Å²) in [5.74, 6) is -0.188. The van der Waals surface area contributed by atoms with Gasteiger partial charge in [0.05, 0.1) is 17.7 Å². The van der Waals surface area contributed by atoms with Crippen LogP contribution in [0.4, 0.5) is 0 Å². The molecule has 0 bridgehead atoms. The molecule has 0 aliphatic carbocycles. The molecule has 0 N–H and O–H groups in total. The van der Waals surface area contributed by atoms with Crippen LogP contribution in [-0.4, -0.2) is 18.5 Å². The van der Waals surface area contributed by atoms with Crippen LogP contribution in [0.15, 0.2) is 48.5 Å². The fourth-order valence-electron chi connectivity index (χ4n) is 3.05. The van der Waals surface area contributed by atoms with E-state index in [1.54, 1.807) is 36.4 Å². The summed E-state index contributed by atoms with van der Waals surface area (Å²) < 4.78 is 10.8. The molecule has 0 unspecified atom stereocenters. The minimum absolute atomic E-state index is 0.216. The highest BCUT2D eigenvalue weighted by Gasteiger charge is 2.19. The molecule has 29 heavy (non-hydrogen) atoms. The molecule has 0 saturated carbocycles. The quantitative estimate of drug-likeness (QED) is 0.246. The number of ether oxygens (including phenoxy) is 2. The zero-order chi connectivity index (χ0) is 21.1. The Morgan fingerprint density at radius 2 is 1.38 bits per heavy atom. The zero-order valence-electron chi connectivity index (χ0n) is 17.8. The highest BCUT2D eigenvalue weighted by Crippen LogP contribution is 2.20. The van der Waals surface area contributed by atoms with Crippen LogP contribution >= 0.6 is 0 Å². The summed E-state index contributed by atoms with van der Waals surface area (Å²) >= 11 is 0. The van der Waals surface area contributed by atoms with Gasteiger partial charge in [-0.1, -0.05) is 77.1 Å². The molecule has 0 saturated heterocycles. The largest absolute Gasteiger partial charge is 0.462 e. The Morgan fingerprint density at radius 3 is 2.00 bits per heavy atom. The second-order valence-corrected chi connectivity index (χ2v) is 7.56. The van der Waals surface area contributed by atoms with Crippen molar-refractivity contribution in [3.8, 4) is 5.75 Å². The molecule has 2 rings (SSSR count). The van der Waals surface area contributed by atoms with E-state index in [4.69, 9.17) is 9.47 Å². The van der Waals surface area contributed by atoms with Gasteiger partial charge in [-0.05, 0) is 42.2 Å². The first kappa shape index (κ1) is 22.7. The smallest absolute Gasteiger partial charge is 0.344 e. The minimum Gasteiger partial charge on any atom is -0.462 e. The Labute approximate surface area is 174 Å². The van der Waals surface area contributed by atoms with Crippen LogP contribution in [0.25, 0.3) is 0 Å². The van der Waals surface area contributed by atoms with Gasteiger partial charge in [-0.15, -0.1) is 0 Å². The van der Waals surface area contributed by atoms with Crippen LogP contribution in [-0.2, 0) is 4.74 Å². The molecule has 0 aromatic heterocycles. The predicted octanol–water partition coefficient (Wildman–Crippen LogP) is 6.55. The number of benzene rings is 2. The van der Waals surface area contributed by atoms with E-state index in [0.29, 0.717) is 18.3 Å². The molecule has 2 aromatic carbocycles. The molecule has 0 heterocycles. The summed E-state index contributed by atoms with van der Waals surface area (Å²) in [4.78, 5) is 25.1. The fraction of sp³-hybridized carbons (Fsp3) is 0.440. The first-order valence-corrected chi connectivity index (χ1v) is 10.6. The summed E-state index contributed by atoms with van der Waals surface area (Å²) in [7, 11) is 0. The number of carbonyl (C=O) groups excluding carboxylic acids is 2. The number of esters is 2. The van der Waals surface area contributed by atoms with Crippen LogP contribution in [0.1, 0.15) is 91.5 Å². The number of unbranched alkanes of at least 4 members (excludes halogenated alkanes) is 5. The third-order valence-electron chi connectivity index (χ3n) is 4.86. The summed E-state index contributed by atoms with van der Waals surface area (Å²) in [6.07, 6.45) is 6.72. The lowest BCUT2D eigenvalue weighted by Crippen LogP contribution is -2.16. The van der Waals surface area contributed by atoms with Crippen molar-refractivity contribution in [1.82, 2.24) is 0 Å². The van der Waals surface area contributed by atoms with Crippen molar-refractivity contribution in [3.63, 3.8) is 0 Å². The maximum atomic E-state index is 12.6. The summed E-state index contributed by atoms with van der Waals surface area (Å²) in [6, 6.07) is 14.0. The Morgan fingerprint density at radius 1 is 0.793 bits per heavy atom. The summed E-state index contributed by atoms with van der Waals surface area (Å²) in [5.41, 5.74) is 1.62. The molecule has 4 heteroatoms. The maximum absolute atomic E-state index is 12.6. The lowest BCUT2D eigenvalue weighted by Gasteiger charge is -2.10. The van der Waals surface area contributed by atoms with Crippen molar-refractivity contribution in [2.75, 3.05) is 6.61 Å². The van der Waals surface area contributed by atoms with Gasteiger partial charge < -0.3 is 9.47 Å². The number of hydrogen-bond acceptors (Lipinski definition) is 4. The third-order valence-corrected chi connectivity index (χ3v) is 4.86. The Kier molecular flexibility index (Phi) is 9.42. The molecule has 2 aromatic rings. The van der Waals surface area contributed by atoms with E-state index >= 15 is 0 Å². The van der Waals surface area contributed by atoms with Gasteiger partial charge >= 0.3 is 11.9 Å². The molecule has 0 radical (unpaired) electrons. The molecular weight excluding hydrogens is 364 g/mol. The van der Waals surface area contributed by atoms with Crippen LogP contribution < -0.4 is 4.74 Å². The van der Waals surface area contributed by atoms with Crippen LogP contribution in [0.3, 0.4) is 0 Å². The van der Waals surface area contributed by atoms with Gasteiger partial charge in [0.15, 0.2) is 0 Å². The second kappa shape index (κ2) is 12.1. The van der Waals surface area contributed by atoms with E-state index in [2.05, 4.69) is 20.8 Å². The Bertz CT molecular complexity index is 778. The molecule has 0 aliphatic heterocycles. The van der Waals surface area contributed by atoms with Crippen molar-refractivity contribution in [1.29, 1.82) is 0 Å². The van der Waals surface area contributed by atoms with Crippen molar-refractivity contribution < 1.29 is 19.1 Å². The van der Waals surface area contributed by atoms with Crippen molar-refractivity contribution in [3.05, 3.63) is 65.2 Å². The van der Waals surface area contributed by atoms with Gasteiger partial charge in [0, 0.05) is 0 Å². The number of hydrogen-bond donors (Lipinski definition) is 0. The number of carbonyl (C=O) groups is 2. The predicted molar refractivity (Wildman–Crippen MR) is 116 cm³/mol. The van der Waals surface area contributed by atoms with Gasteiger partial charge in [0.25, 0.3) is 0 Å². The lowest BCUT2D eigenvalue weighted by molar-refractivity contribution is 0.0489. The molecule has 156 valence electrons. The van der Waals surface area contributed by atoms with Crippen molar-refractivity contribution in [2.24, 2.45) is 0 Å². The maximum Gasteiger partial charge on any atom is 0.344 e. The average Bonchev–Trinajstić information content (AvgIpc) is 2.73. The van der Waals surface area contributed by atoms with Gasteiger partial charge in [0.2, 0.25) is 0 Å². The first-order valence-electron chi connectivity index (χ1n) is 10.6. The SMILES string of the molecule is CCCCCCCCOC(=O)c1ccccc1C(=O)Oc1ccc(C(C)C)cc1. The Hall–Kier alpha value is -2.62. The molecule has 0 amide bonds. The van der Waals surface area contributed by atoms with Crippen LogP contribution in [0, 0.1) is 0 Å². The highest BCUT2D eigenvalue weighted by molar-refractivity contribution is 6.03. The topological polar surface area (TPSA) is 52.6 Å². The molecule has 0 aliphatic rings. The van der Waals surface area contributed by atoms with Crippen molar-refractivity contribution >= 4 is 11.9 Å². The van der Waals surface area contributed by atoms with E-state index < -0.39 is 11.9 Å². The van der Waals surface area contributed by atoms with Gasteiger partial charge in [-0.3, -0.25) is 0 Å². The molecule has 0 atom stereocenters. The van der Waals surface area contributed by atoms with E-state index in [1.807, 2.05) is 12.1 Å². The van der Waals surface area contributed by atoms with E-state index in [1.165, 1.54) is 24.8 Å². The monoisotopic (exact) mass is 396 g/mol. The zero-order valence-corrected chi connectivity index (χ0v) is 17.8. The van der Waals surface area contributed by atoms with Gasteiger partial charge in [-0.25, -0.2) is 9.59 Å². The standard InChI is InChI=1S/C25H32O4/c1-4-5-6-7-8-11-18-28-24(26)22-12-9-10-13-23(22)25(27)29-21-16-14-20(15-17-21)19(2)3/h9-10,12-17,19H,4-8,11,18H2,1-3H3. The molecule has 4 nitrogen and oxygen atoms in total. The first-order chi connectivity index (χ1) is 14.0. The lowest BCUT2D eigenvalue weighted by atomic mass is 10.0. The molecular formula is C25H32O4. The Balaban J connectivity index is 1.93. The van der Waals surface area contributed by atoms with Crippen LogP contribution in [0.5, 0.6) is 5.75 Å². The summed E-state index contributed by atoms with van der Waals surface area (Å²) in [5, 5.41) is 0.